The van der Waals surface area contributed by atoms with E-state index < -0.39 is 11.7 Å². The lowest BCUT2D eigenvalue weighted by molar-refractivity contribution is 0.0995. The third-order valence-electron chi connectivity index (χ3n) is 3.36. The molecule has 8 nitrogen and oxygen atoms in total. The smallest absolute Gasteiger partial charge is 0.277 e. The number of amides is 1. The summed E-state index contributed by atoms with van der Waals surface area (Å²) in [6.07, 6.45) is 5.20. The van der Waals surface area contributed by atoms with Gasteiger partial charge in [-0.15, -0.1) is 0 Å². The van der Waals surface area contributed by atoms with Crippen molar-refractivity contribution in [3.8, 4) is 0 Å². The van der Waals surface area contributed by atoms with Gasteiger partial charge in [-0.1, -0.05) is 17.3 Å². The van der Waals surface area contributed by atoms with Crippen LogP contribution in [0.3, 0.4) is 0 Å². The minimum absolute atomic E-state index is 0.0587. The van der Waals surface area contributed by atoms with Crippen molar-refractivity contribution in [3.63, 3.8) is 0 Å². The second-order valence-electron chi connectivity index (χ2n) is 5.31. The van der Waals surface area contributed by atoms with Crippen LogP contribution in [0.1, 0.15) is 26.6 Å². The van der Waals surface area contributed by atoms with Gasteiger partial charge in [-0.2, -0.15) is 5.10 Å². The molecule has 0 bridgehead atoms. The van der Waals surface area contributed by atoms with Gasteiger partial charge in [0.15, 0.2) is 5.69 Å². The first-order valence-electron chi connectivity index (χ1n) is 7.53. The molecule has 0 aliphatic rings. The maximum Gasteiger partial charge on any atom is 0.277 e. The maximum atomic E-state index is 13.2. The van der Waals surface area contributed by atoms with Crippen LogP contribution in [-0.4, -0.2) is 26.6 Å². The van der Waals surface area contributed by atoms with Gasteiger partial charge in [0, 0.05) is 18.3 Å². The molecule has 1 aromatic carbocycles. The Balaban J connectivity index is 1.65. The molecule has 0 radical (unpaired) electrons. The number of carbonyl (C=O) groups is 2. The Bertz CT molecular complexity index is 976. The Morgan fingerprint density at radius 3 is 2.96 bits per heavy atom. The quantitative estimate of drug-likeness (QED) is 0.516. The zero-order valence-corrected chi connectivity index (χ0v) is 13.4. The number of halogens is 1. The highest BCUT2D eigenvalue weighted by Gasteiger charge is 2.16. The van der Waals surface area contributed by atoms with Crippen molar-refractivity contribution in [1.29, 1.82) is 0 Å². The summed E-state index contributed by atoms with van der Waals surface area (Å²) < 4.78 is 19.6. The maximum absolute atomic E-state index is 13.2. The van der Waals surface area contributed by atoms with Gasteiger partial charge in [0.2, 0.25) is 11.5 Å². The van der Waals surface area contributed by atoms with Gasteiger partial charge < -0.3 is 15.6 Å². The standard InChI is InChI=1S/C17H14FN5O3/c18-12-3-1-2-11(6-12)9-23-10-13(8-20-23)21-17(25)14-7-16(26-22-14)15(24)4-5-19/h1-8,10H,9,19H2,(H,21,25). The normalized spacial score (nSPS) is 11.0. The number of nitrogens with two attached hydrogens (primary N) is 1. The summed E-state index contributed by atoms with van der Waals surface area (Å²) in [5.41, 5.74) is 6.23. The zero-order chi connectivity index (χ0) is 18.5. The van der Waals surface area contributed by atoms with Crippen molar-refractivity contribution < 1.29 is 18.5 Å². The van der Waals surface area contributed by atoms with E-state index >= 15 is 0 Å². The van der Waals surface area contributed by atoms with Crippen molar-refractivity contribution in [3.05, 3.63) is 77.8 Å². The zero-order valence-electron chi connectivity index (χ0n) is 13.4. The van der Waals surface area contributed by atoms with Crippen LogP contribution in [0.25, 0.3) is 0 Å². The van der Waals surface area contributed by atoms with Crippen LogP contribution in [0.4, 0.5) is 10.1 Å². The molecule has 0 fully saturated rings. The Labute approximate surface area is 147 Å². The van der Waals surface area contributed by atoms with Crippen LogP contribution in [0.5, 0.6) is 0 Å². The molecule has 132 valence electrons. The number of ketones is 1. The average molecular weight is 355 g/mol. The first kappa shape index (κ1) is 17.1. The molecule has 3 N–H and O–H groups in total. The van der Waals surface area contributed by atoms with Gasteiger partial charge in [-0.25, -0.2) is 4.39 Å². The fourth-order valence-electron chi connectivity index (χ4n) is 2.20. The SMILES string of the molecule is NC=CC(=O)c1cc(C(=O)Nc2cnn(Cc3cccc(F)c3)c2)no1. The molecule has 0 aliphatic carbocycles. The number of benzene rings is 1. The molecule has 0 atom stereocenters. The molecule has 3 rings (SSSR count). The van der Waals surface area contributed by atoms with E-state index in [0.29, 0.717) is 12.2 Å². The van der Waals surface area contributed by atoms with E-state index in [-0.39, 0.29) is 17.3 Å². The minimum Gasteiger partial charge on any atom is -0.404 e. The van der Waals surface area contributed by atoms with E-state index in [2.05, 4.69) is 15.6 Å². The molecule has 2 heterocycles. The Morgan fingerprint density at radius 2 is 2.19 bits per heavy atom. The molecule has 0 aliphatic heterocycles. The number of anilines is 1. The summed E-state index contributed by atoms with van der Waals surface area (Å²) >= 11 is 0. The monoisotopic (exact) mass is 355 g/mol. The summed E-state index contributed by atoms with van der Waals surface area (Å²) in [7, 11) is 0. The van der Waals surface area contributed by atoms with Crippen molar-refractivity contribution in [2.24, 2.45) is 5.73 Å². The fraction of sp³-hybridized carbons (Fsp3) is 0.0588. The largest absolute Gasteiger partial charge is 0.404 e. The highest BCUT2D eigenvalue weighted by atomic mass is 19.1. The van der Waals surface area contributed by atoms with Gasteiger partial charge in [0.05, 0.1) is 18.4 Å². The molecular formula is C17H14FN5O3. The fourth-order valence-corrected chi connectivity index (χ4v) is 2.20. The second kappa shape index (κ2) is 7.43. The Hall–Kier alpha value is -3.75. The van der Waals surface area contributed by atoms with Gasteiger partial charge >= 0.3 is 0 Å². The van der Waals surface area contributed by atoms with Crippen molar-refractivity contribution in [2.75, 3.05) is 5.32 Å². The molecule has 26 heavy (non-hydrogen) atoms. The first-order valence-corrected chi connectivity index (χ1v) is 7.53. The molecule has 2 aromatic heterocycles. The summed E-state index contributed by atoms with van der Waals surface area (Å²) in [5, 5.41) is 10.2. The molecule has 0 saturated carbocycles. The van der Waals surface area contributed by atoms with Crippen molar-refractivity contribution in [2.45, 2.75) is 6.54 Å². The molecule has 0 saturated heterocycles. The van der Waals surface area contributed by atoms with Crippen molar-refractivity contribution in [1.82, 2.24) is 14.9 Å². The number of hydrogen-bond acceptors (Lipinski definition) is 6. The predicted molar refractivity (Wildman–Crippen MR) is 89.8 cm³/mol. The Kier molecular flexibility index (Phi) is 4.88. The molecular weight excluding hydrogens is 341 g/mol. The van der Waals surface area contributed by atoms with Crippen molar-refractivity contribution >= 4 is 17.4 Å². The number of rotatable bonds is 6. The van der Waals surface area contributed by atoms with E-state index in [4.69, 9.17) is 10.3 Å². The van der Waals surface area contributed by atoms with Crippen LogP contribution in [0.15, 0.2) is 59.5 Å². The number of aromatic nitrogens is 3. The van der Waals surface area contributed by atoms with E-state index in [0.717, 1.165) is 17.8 Å². The third kappa shape index (κ3) is 4.01. The number of nitrogens with one attached hydrogen (secondary N) is 1. The number of hydrogen-bond donors (Lipinski definition) is 2. The first-order chi connectivity index (χ1) is 12.5. The van der Waals surface area contributed by atoms with Gasteiger partial charge in [-0.05, 0) is 23.9 Å². The van der Waals surface area contributed by atoms with Crippen LogP contribution in [0.2, 0.25) is 0 Å². The number of carbonyl (C=O) groups excluding carboxylic acids is 2. The topological polar surface area (TPSA) is 116 Å². The lowest BCUT2D eigenvalue weighted by atomic mass is 10.2. The van der Waals surface area contributed by atoms with E-state index in [1.165, 1.54) is 24.4 Å². The van der Waals surface area contributed by atoms with Crippen LogP contribution in [0, 0.1) is 5.82 Å². The molecule has 1 amide bonds. The second-order valence-corrected chi connectivity index (χ2v) is 5.31. The molecule has 9 heteroatoms. The number of allylic oxidation sites excluding steroid dienone is 1. The summed E-state index contributed by atoms with van der Waals surface area (Å²) in [6, 6.07) is 7.36. The lowest BCUT2D eigenvalue weighted by Gasteiger charge is -2.01. The average Bonchev–Trinajstić information content (AvgIpc) is 3.25. The summed E-state index contributed by atoms with van der Waals surface area (Å²) in [4.78, 5) is 23.7. The van der Waals surface area contributed by atoms with Crippen LogP contribution < -0.4 is 11.1 Å². The van der Waals surface area contributed by atoms with E-state index in [9.17, 15) is 14.0 Å². The third-order valence-corrected chi connectivity index (χ3v) is 3.36. The molecule has 3 aromatic rings. The minimum atomic E-state index is -0.560. The number of nitrogens with zero attached hydrogens (tertiary/aromatic N) is 3. The highest BCUT2D eigenvalue weighted by Crippen LogP contribution is 2.12. The molecule has 0 spiro atoms. The highest BCUT2D eigenvalue weighted by molar-refractivity contribution is 6.06. The Morgan fingerprint density at radius 1 is 1.35 bits per heavy atom. The van der Waals surface area contributed by atoms with Gasteiger partial charge in [0.1, 0.15) is 5.82 Å². The van der Waals surface area contributed by atoms with Crippen LogP contribution in [-0.2, 0) is 6.54 Å². The van der Waals surface area contributed by atoms with Gasteiger partial charge in [0.25, 0.3) is 5.91 Å². The summed E-state index contributed by atoms with van der Waals surface area (Å²) in [6.45, 7) is 0.349. The molecule has 0 unspecified atom stereocenters. The lowest BCUT2D eigenvalue weighted by Crippen LogP contribution is -2.11. The van der Waals surface area contributed by atoms with Gasteiger partial charge in [-0.3, -0.25) is 14.3 Å². The summed E-state index contributed by atoms with van der Waals surface area (Å²) in [5.74, 6) is -1.49. The van der Waals surface area contributed by atoms with E-state index in [1.54, 1.807) is 23.0 Å². The predicted octanol–water partition coefficient (Wildman–Crippen LogP) is 1.97. The van der Waals surface area contributed by atoms with E-state index in [1.807, 2.05) is 0 Å². The van der Waals surface area contributed by atoms with Crippen LogP contribution >= 0.6 is 0 Å².